The van der Waals surface area contributed by atoms with Crippen LogP contribution in [0.2, 0.25) is 0 Å². The Morgan fingerprint density at radius 1 is 1.50 bits per heavy atom. The standard InChI is InChI=1S/C13H19N3O2/c1-2-16(9-11-4-3-7-14-11)13(18)10-5-6-12(17)15-8-10/h5-6,8,11,14H,2-4,7,9H2,1H3,(H,15,17). The van der Waals surface area contributed by atoms with Gasteiger partial charge < -0.3 is 15.2 Å². The van der Waals surface area contributed by atoms with E-state index < -0.39 is 0 Å². The maximum absolute atomic E-state index is 12.3. The Balaban J connectivity index is 2.04. The number of hydrogen-bond acceptors (Lipinski definition) is 3. The summed E-state index contributed by atoms with van der Waals surface area (Å²) >= 11 is 0. The molecule has 1 fully saturated rings. The van der Waals surface area contributed by atoms with E-state index in [4.69, 9.17) is 0 Å². The highest BCUT2D eigenvalue weighted by molar-refractivity contribution is 5.93. The average molecular weight is 249 g/mol. The molecular weight excluding hydrogens is 230 g/mol. The zero-order valence-corrected chi connectivity index (χ0v) is 10.6. The Kier molecular flexibility index (Phi) is 4.15. The largest absolute Gasteiger partial charge is 0.337 e. The van der Waals surface area contributed by atoms with Crippen molar-refractivity contribution in [3.63, 3.8) is 0 Å². The summed E-state index contributed by atoms with van der Waals surface area (Å²) in [6.45, 7) is 4.41. The van der Waals surface area contributed by atoms with E-state index in [9.17, 15) is 9.59 Å². The van der Waals surface area contributed by atoms with Gasteiger partial charge in [0.2, 0.25) is 5.56 Å². The van der Waals surface area contributed by atoms with Crippen LogP contribution in [-0.4, -0.2) is 41.5 Å². The number of H-pyrrole nitrogens is 1. The summed E-state index contributed by atoms with van der Waals surface area (Å²) in [5.74, 6) is -0.0255. The minimum Gasteiger partial charge on any atom is -0.337 e. The lowest BCUT2D eigenvalue weighted by atomic mass is 10.2. The van der Waals surface area contributed by atoms with Gasteiger partial charge in [-0.3, -0.25) is 9.59 Å². The van der Waals surface area contributed by atoms with Crippen molar-refractivity contribution in [3.05, 3.63) is 34.2 Å². The molecule has 5 heteroatoms. The number of nitrogens with one attached hydrogen (secondary N) is 2. The van der Waals surface area contributed by atoms with Crippen LogP contribution >= 0.6 is 0 Å². The van der Waals surface area contributed by atoms with E-state index in [1.165, 1.54) is 18.7 Å². The molecule has 18 heavy (non-hydrogen) atoms. The summed E-state index contributed by atoms with van der Waals surface area (Å²) in [5.41, 5.74) is 0.349. The highest BCUT2D eigenvalue weighted by Crippen LogP contribution is 2.09. The number of pyridine rings is 1. The second-order valence-electron chi connectivity index (χ2n) is 4.58. The first-order valence-corrected chi connectivity index (χ1v) is 6.42. The molecule has 0 spiro atoms. The van der Waals surface area contributed by atoms with Gasteiger partial charge in [-0.1, -0.05) is 0 Å². The van der Waals surface area contributed by atoms with Gasteiger partial charge in [0.15, 0.2) is 0 Å². The SMILES string of the molecule is CCN(CC1CCCN1)C(=O)c1ccc(=O)[nH]c1. The molecule has 2 heterocycles. The molecule has 2 N–H and O–H groups in total. The summed E-state index contributed by atoms with van der Waals surface area (Å²) in [6.07, 6.45) is 3.78. The van der Waals surface area contributed by atoms with Crippen LogP contribution in [0.25, 0.3) is 0 Å². The summed E-state index contributed by atoms with van der Waals surface area (Å²) in [4.78, 5) is 27.6. The molecule has 1 aliphatic heterocycles. The molecule has 1 saturated heterocycles. The Bertz CT molecular complexity index is 443. The molecule has 0 radical (unpaired) electrons. The molecule has 1 aromatic heterocycles. The normalized spacial score (nSPS) is 18.8. The van der Waals surface area contributed by atoms with E-state index in [2.05, 4.69) is 10.3 Å². The van der Waals surface area contributed by atoms with Crippen LogP contribution in [0.1, 0.15) is 30.1 Å². The molecule has 98 valence electrons. The van der Waals surface area contributed by atoms with Crippen molar-refractivity contribution in [3.8, 4) is 0 Å². The lowest BCUT2D eigenvalue weighted by molar-refractivity contribution is 0.0751. The number of hydrogen-bond donors (Lipinski definition) is 2. The van der Waals surface area contributed by atoms with Crippen LogP contribution in [0, 0.1) is 0 Å². The monoisotopic (exact) mass is 249 g/mol. The lowest BCUT2D eigenvalue weighted by Crippen LogP contribution is -2.41. The number of rotatable bonds is 4. The second kappa shape index (κ2) is 5.82. The summed E-state index contributed by atoms with van der Waals surface area (Å²) in [6, 6.07) is 3.36. The van der Waals surface area contributed by atoms with Crippen LogP contribution in [0.5, 0.6) is 0 Å². The van der Waals surface area contributed by atoms with Gasteiger partial charge in [0, 0.05) is 31.4 Å². The summed E-state index contributed by atoms with van der Waals surface area (Å²) in [7, 11) is 0. The lowest BCUT2D eigenvalue weighted by Gasteiger charge is -2.24. The number of amides is 1. The smallest absolute Gasteiger partial charge is 0.255 e. The quantitative estimate of drug-likeness (QED) is 0.820. The number of aromatic nitrogens is 1. The Labute approximate surface area is 106 Å². The molecule has 0 bridgehead atoms. The van der Waals surface area contributed by atoms with Gasteiger partial charge in [-0.2, -0.15) is 0 Å². The second-order valence-corrected chi connectivity index (χ2v) is 4.58. The van der Waals surface area contributed by atoms with Crippen LogP contribution in [0.3, 0.4) is 0 Å². The Hall–Kier alpha value is -1.62. The molecule has 0 aromatic carbocycles. The number of aromatic amines is 1. The van der Waals surface area contributed by atoms with Gasteiger partial charge >= 0.3 is 0 Å². The first-order chi connectivity index (χ1) is 8.70. The van der Waals surface area contributed by atoms with Crippen molar-refractivity contribution in [1.82, 2.24) is 15.2 Å². The summed E-state index contributed by atoms with van der Waals surface area (Å²) in [5, 5.41) is 3.39. The number of carbonyl (C=O) groups is 1. The zero-order valence-electron chi connectivity index (χ0n) is 10.6. The molecule has 1 atom stereocenters. The fourth-order valence-electron chi connectivity index (χ4n) is 2.26. The van der Waals surface area contributed by atoms with Crippen molar-refractivity contribution < 1.29 is 4.79 Å². The van der Waals surface area contributed by atoms with E-state index in [1.807, 2.05) is 11.8 Å². The maximum Gasteiger partial charge on any atom is 0.255 e. The van der Waals surface area contributed by atoms with Crippen molar-refractivity contribution in [2.24, 2.45) is 0 Å². The molecule has 1 aromatic rings. The van der Waals surface area contributed by atoms with E-state index in [0.717, 1.165) is 19.5 Å². The van der Waals surface area contributed by atoms with Gasteiger partial charge in [-0.05, 0) is 32.4 Å². The van der Waals surface area contributed by atoms with Crippen molar-refractivity contribution >= 4 is 5.91 Å². The van der Waals surface area contributed by atoms with E-state index in [0.29, 0.717) is 18.2 Å². The van der Waals surface area contributed by atoms with E-state index in [-0.39, 0.29) is 11.5 Å². The molecule has 1 amide bonds. The Morgan fingerprint density at radius 3 is 2.89 bits per heavy atom. The molecular formula is C13H19N3O2. The minimum atomic E-state index is -0.188. The molecule has 0 aliphatic carbocycles. The molecule has 1 unspecified atom stereocenters. The predicted molar refractivity (Wildman–Crippen MR) is 69.7 cm³/mol. The third-order valence-corrected chi connectivity index (χ3v) is 3.30. The fraction of sp³-hybridized carbons (Fsp3) is 0.538. The molecule has 1 aliphatic rings. The van der Waals surface area contributed by atoms with E-state index >= 15 is 0 Å². The zero-order chi connectivity index (χ0) is 13.0. The van der Waals surface area contributed by atoms with Crippen LogP contribution in [0.15, 0.2) is 23.1 Å². The van der Waals surface area contributed by atoms with Crippen LogP contribution < -0.4 is 10.9 Å². The molecule has 0 saturated carbocycles. The summed E-state index contributed by atoms with van der Waals surface area (Å²) < 4.78 is 0. The first kappa shape index (κ1) is 12.8. The van der Waals surface area contributed by atoms with Gasteiger partial charge in [-0.25, -0.2) is 0 Å². The van der Waals surface area contributed by atoms with E-state index in [1.54, 1.807) is 6.07 Å². The molecule has 5 nitrogen and oxygen atoms in total. The number of nitrogens with zero attached hydrogens (tertiary/aromatic N) is 1. The van der Waals surface area contributed by atoms with Gasteiger partial charge in [0.1, 0.15) is 0 Å². The topological polar surface area (TPSA) is 65.2 Å². The van der Waals surface area contributed by atoms with Crippen molar-refractivity contribution in [1.29, 1.82) is 0 Å². The van der Waals surface area contributed by atoms with Crippen LogP contribution in [-0.2, 0) is 0 Å². The minimum absolute atomic E-state index is 0.0255. The van der Waals surface area contributed by atoms with Crippen molar-refractivity contribution in [2.45, 2.75) is 25.8 Å². The first-order valence-electron chi connectivity index (χ1n) is 6.42. The number of carbonyl (C=O) groups excluding carboxylic acids is 1. The maximum atomic E-state index is 12.3. The fourth-order valence-corrected chi connectivity index (χ4v) is 2.26. The van der Waals surface area contributed by atoms with Crippen LogP contribution in [0.4, 0.5) is 0 Å². The highest BCUT2D eigenvalue weighted by atomic mass is 16.2. The van der Waals surface area contributed by atoms with Gasteiger partial charge in [-0.15, -0.1) is 0 Å². The number of likely N-dealkylation sites (N-methyl/N-ethyl adjacent to an activating group) is 1. The van der Waals surface area contributed by atoms with Gasteiger partial charge in [0.05, 0.1) is 5.56 Å². The molecule has 2 rings (SSSR count). The van der Waals surface area contributed by atoms with Crippen molar-refractivity contribution in [2.75, 3.05) is 19.6 Å². The highest BCUT2D eigenvalue weighted by Gasteiger charge is 2.21. The third kappa shape index (κ3) is 2.98. The average Bonchev–Trinajstić information content (AvgIpc) is 2.89. The van der Waals surface area contributed by atoms with Gasteiger partial charge in [0.25, 0.3) is 5.91 Å². The predicted octanol–water partition coefficient (Wildman–Crippen LogP) is 0.589. The third-order valence-electron chi connectivity index (χ3n) is 3.30. The Morgan fingerprint density at radius 2 is 2.33 bits per heavy atom.